The van der Waals surface area contributed by atoms with E-state index in [0.29, 0.717) is 19.3 Å². The van der Waals surface area contributed by atoms with Crippen LogP contribution < -0.4 is 0 Å². The summed E-state index contributed by atoms with van der Waals surface area (Å²) >= 11 is 0. The van der Waals surface area contributed by atoms with Crippen molar-refractivity contribution in [1.29, 1.82) is 0 Å². The van der Waals surface area contributed by atoms with Gasteiger partial charge in [0.1, 0.15) is 13.2 Å². The van der Waals surface area contributed by atoms with Crippen molar-refractivity contribution in [2.24, 2.45) is 0 Å². The Labute approximate surface area is 424 Å². The Balaban J connectivity index is 4.57. The number of carbonyl (C=O) groups excluding carboxylic acids is 3. The second kappa shape index (κ2) is 56.4. The molecule has 6 heteroatoms. The van der Waals surface area contributed by atoms with E-state index in [4.69, 9.17) is 14.2 Å². The lowest BCUT2D eigenvalue weighted by Gasteiger charge is -2.18. The monoisotopic (exact) mass is 955 g/mol. The molecule has 0 saturated heterocycles. The predicted octanol–water partition coefficient (Wildman–Crippen LogP) is 18.9. The van der Waals surface area contributed by atoms with E-state index in [1.54, 1.807) is 0 Å². The molecule has 0 amide bonds. The molecule has 0 aliphatic carbocycles. The Morgan fingerprint density at radius 1 is 0.304 bits per heavy atom. The SMILES string of the molecule is CC/C=C\C/C=C\C/C=C\C/C=C\C/C=C\C/C=C\CCC(=O)OC[C@H](COC(=O)CCCCCCCCCCCCCCC)OC(=O)CCCCC/C=C\C/C=C\C/C=C\C/C=C\CCCCC. The van der Waals surface area contributed by atoms with Gasteiger partial charge in [0, 0.05) is 19.3 Å². The molecule has 69 heavy (non-hydrogen) atoms. The van der Waals surface area contributed by atoms with E-state index in [1.807, 2.05) is 12.2 Å². The van der Waals surface area contributed by atoms with Crippen LogP contribution in [-0.4, -0.2) is 37.2 Å². The van der Waals surface area contributed by atoms with E-state index in [1.165, 1.54) is 89.9 Å². The summed E-state index contributed by atoms with van der Waals surface area (Å²) < 4.78 is 16.7. The van der Waals surface area contributed by atoms with Gasteiger partial charge in [-0.15, -0.1) is 0 Å². The molecule has 0 aromatic rings. The molecule has 0 N–H and O–H groups in total. The average Bonchev–Trinajstić information content (AvgIpc) is 3.35. The van der Waals surface area contributed by atoms with E-state index in [2.05, 4.69) is 130 Å². The van der Waals surface area contributed by atoms with Gasteiger partial charge in [0.25, 0.3) is 0 Å². The Kier molecular flexibility index (Phi) is 53.0. The highest BCUT2D eigenvalue weighted by Crippen LogP contribution is 2.14. The van der Waals surface area contributed by atoms with Crippen LogP contribution in [-0.2, 0) is 28.6 Å². The third-order valence-corrected chi connectivity index (χ3v) is 11.5. The second-order valence-electron chi connectivity index (χ2n) is 18.1. The molecule has 1 atom stereocenters. The third kappa shape index (κ3) is 54.6. The van der Waals surface area contributed by atoms with Gasteiger partial charge >= 0.3 is 17.9 Å². The lowest BCUT2D eigenvalue weighted by atomic mass is 10.0. The quantitative estimate of drug-likeness (QED) is 0.0262. The Hall–Kier alpha value is -4.19. The number of hydrogen-bond acceptors (Lipinski definition) is 6. The van der Waals surface area contributed by atoms with Gasteiger partial charge in [0.2, 0.25) is 0 Å². The maximum absolute atomic E-state index is 12.8. The van der Waals surface area contributed by atoms with Crippen molar-refractivity contribution < 1.29 is 28.6 Å². The van der Waals surface area contributed by atoms with Crippen molar-refractivity contribution in [3.8, 4) is 0 Å². The zero-order valence-corrected chi connectivity index (χ0v) is 44.5. The number of ether oxygens (including phenoxy) is 3. The van der Waals surface area contributed by atoms with Crippen molar-refractivity contribution in [1.82, 2.24) is 0 Å². The van der Waals surface area contributed by atoms with Gasteiger partial charge in [-0.1, -0.05) is 239 Å². The largest absolute Gasteiger partial charge is 0.462 e. The molecule has 390 valence electrons. The normalized spacial score (nSPS) is 13.0. The Morgan fingerprint density at radius 3 is 1.00 bits per heavy atom. The second-order valence-corrected chi connectivity index (χ2v) is 18.1. The van der Waals surface area contributed by atoms with Crippen LogP contribution >= 0.6 is 0 Å². The standard InChI is InChI=1S/C63H102O6/c1-4-7-10-13-16-19-22-25-27-29-31-33-35-38-41-44-47-50-53-56-62(65)68-59-60(58-67-61(64)55-52-49-46-43-40-37-24-21-18-15-12-9-6-3)69-63(66)57-54-51-48-45-42-39-36-34-32-30-28-26-23-20-17-14-11-8-5-2/h7,10,16-17,19-20,25-28,31-34,38-39,41-42,47,50,60H,4-6,8-9,11-15,18,21-24,29-30,35-37,40,43-46,48-49,51-59H2,1-3H3/b10-7-,19-16-,20-17-,27-25-,28-26-,33-31-,34-32-,41-38-,42-39-,50-47-/t60-/m0/s1. The summed E-state index contributed by atoms with van der Waals surface area (Å²) in [7, 11) is 0. The van der Waals surface area contributed by atoms with Gasteiger partial charge in [-0.25, -0.2) is 0 Å². The van der Waals surface area contributed by atoms with Crippen molar-refractivity contribution >= 4 is 17.9 Å². The summed E-state index contributed by atoms with van der Waals surface area (Å²) in [6, 6.07) is 0. The van der Waals surface area contributed by atoms with Gasteiger partial charge in [0.15, 0.2) is 6.10 Å². The average molecular weight is 956 g/mol. The highest BCUT2D eigenvalue weighted by atomic mass is 16.6. The van der Waals surface area contributed by atoms with Crippen molar-refractivity contribution in [2.45, 2.75) is 245 Å². The molecule has 0 saturated carbocycles. The molecule has 0 aromatic carbocycles. The van der Waals surface area contributed by atoms with Crippen LogP contribution in [0, 0.1) is 0 Å². The van der Waals surface area contributed by atoms with Crippen LogP contribution in [0.3, 0.4) is 0 Å². The summed E-state index contributed by atoms with van der Waals surface area (Å²) in [5.74, 6) is -1.04. The fourth-order valence-corrected chi connectivity index (χ4v) is 7.27. The number of carbonyl (C=O) groups is 3. The summed E-state index contributed by atoms with van der Waals surface area (Å²) in [5.41, 5.74) is 0. The van der Waals surface area contributed by atoms with Crippen LogP contribution in [0.5, 0.6) is 0 Å². The fourth-order valence-electron chi connectivity index (χ4n) is 7.27. The summed E-state index contributed by atoms with van der Waals surface area (Å²) in [4.78, 5) is 38.1. The summed E-state index contributed by atoms with van der Waals surface area (Å²) in [6.07, 6.45) is 77.6. The smallest absolute Gasteiger partial charge is 0.306 e. The van der Waals surface area contributed by atoms with Gasteiger partial charge in [-0.2, -0.15) is 0 Å². The predicted molar refractivity (Wildman–Crippen MR) is 297 cm³/mol. The van der Waals surface area contributed by atoms with Gasteiger partial charge in [-0.05, 0) is 103 Å². The zero-order chi connectivity index (χ0) is 50.0. The lowest BCUT2D eigenvalue weighted by molar-refractivity contribution is -0.166. The molecule has 0 fully saturated rings. The van der Waals surface area contributed by atoms with Gasteiger partial charge in [-0.3, -0.25) is 14.4 Å². The van der Waals surface area contributed by atoms with Gasteiger partial charge in [0.05, 0.1) is 0 Å². The summed E-state index contributed by atoms with van der Waals surface area (Å²) in [5, 5.41) is 0. The van der Waals surface area contributed by atoms with Crippen molar-refractivity contribution in [3.05, 3.63) is 122 Å². The maximum Gasteiger partial charge on any atom is 0.306 e. The molecule has 0 bridgehead atoms. The lowest BCUT2D eigenvalue weighted by Crippen LogP contribution is -2.30. The van der Waals surface area contributed by atoms with E-state index in [9.17, 15) is 14.4 Å². The van der Waals surface area contributed by atoms with Crippen LogP contribution in [0.25, 0.3) is 0 Å². The Bertz CT molecular complexity index is 1470. The van der Waals surface area contributed by atoms with E-state index < -0.39 is 6.10 Å². The maximum atomic E-state index is 12.8. The van der Waals surface area contributed by atoms with Crippen LogP contribution in [0.1, 0.15) is 239 Å². The van der Waals surface area contributed by atoms with Crippen molar-refractivity contribution in [3.63, 3.8) is 0 Å². The minimum Gasteiger partial charge on any atom is -0.462 e. The third-order valence-electron chi connectivity index (χ3n) is 11.5. The number of rotatable bonds is 49. The molecule has 0 radical (unpaired) electrons. The summed E-state index contributed by atoms with van der Waals surface area (Å²) in [6.45, 7) is 6.40. The molecule has 0 unspecified atom stereocenters. The number of unbranched alkanes of at least 4 members (excludes halogenated alkanes) is 18. The van der Waals surface area contributed by atoms with Crippen LogP contribution in [0.2, 0.25) is 0 Å². The molecular weight excluding hydrogens is 853 g/mol. The number of esters is 3. The highest BCUT2D eigenvalue weighted by molar-refractivity contribution is 5.71. The topological polar surface area (TPSA) is 78.9 Å². The van der Waals surface area contributed by atoms with Crippen LogP contribution in [0.4, 0.5) is 0 Å². The van der Waals surface area contributed by atoms with Crippen molar-refractivity contribution in [2.75, 3.05) is 13.2 Å². The van der Waals surface area contributed by atoms with E-state index >= 15 is 0 Å². The number of hydrogen-bond donors (Lipinski definition) is 0. The molecule has 0 heterocycles. The highest BCUT2D eigenvalue weighted by Gasteiger charge is 2.19. The number of allylic oxidation sites excluding steroid dienone is 20. The first-order valence-corrected chi connectivity index (χ1v) is 28.0. The first kappa shape index (κ1) is 64.8. The van der Waals surface area contributed by atoms with Crippen LogP contribution in [0.15, 0.2) is 122 Å². The minimum atomic E-state index is -0.827. The van der Waals surface area contributed by atoms with E-state index in [-0.39, 0.29) is 44.0 Å². The molecule has 0 aliphatic rings. The molecule has 0 spiro atoms. The fraction of sp³-hybridized carbons (Fsp3) is 0.635. The first-order valence-electron chi connectivity index (χ1n) is 28.0. The molecule has 0 aliphatic heterocycles. The molecule has 6 nitrogen and oxygen atoms in total. The first-order chi connectivity index (χ1) is 34.0. The Morgan fingerprint density at radius 2 is 0.594 bits per heavy atom. The molecule has 0 aromatic heterocycles. The van der Waals surface area contributed by atoms with E-state index in [0.717, 1.165) is 96.3 Å². The molecular formula is C63H102O6. The molecule has 0 rings (SSSR count). The minimum absolute atomic E-state index is 0.116. The zero-order valence-electron chi connectivity index (χ0n) is 44.5. The van der Waals surface area contributed by atoms with Gasteiger partial charge < -0.3 is 14.2 Å².